The number of hydrogen-bond donors (Lipinski definition) is 1. The molecule has 182 valence electrons. The maximum Gasteiger partial charge on any atom is 0.265 e. The van der Waals surface area contributed by atoms with Crippen molar-refractivity contribution in [1.29, 1.82) is 0 Å². The molecule has 0 heterocycles. The van der Waals surface area contributed by atoms with E-state index in [1.807, 2.05) is 32.9 Å². The second kappa shape index (κ2) is 18.9. The van der Waals surface area contributed by atoms with Gasteiger partial charge in [0.2, 0.25) is 0 Å². The number of hydrogen-bond acceptors (Lipinski definition) is 4. The fourth-order valence-corrected chi connectivity index (χ4v) is 5.28. The van der Waals surface area contributed by atoms with Gasteiger partial charge in [-0.25, -0.2) is 0 Å². The van der Waals surface area contributed by atoms with Crippen molar-refractivity contribution in [2.24, 2.45) is 0 Å². The van der Waals surface area contributed by atoms with Gasteiger partial charge in [-0.15, -0.1) is 0 Å². The Morgan fingerprint density at radius 1 is 0.833 bits per heavy atom. The van der Waals surface area contributed by atoms with Gasteiger partial charge in [-0.2, -0.15) is 11.8 Å². The first kappa shape index (κ1) is 30.4. The predicted octanol–water partition coefficient (Wildman–Crippen LogP) is 6.14. The molecule has 0 aromatic carbocycles. The summed E-state index contributed by atoms with van der Waals surface area (Å²) in [6.45, 7) is 2.83. The van der Waals surface area contributed by atoms with E-state index >= 15 is 0 Å². The highest BCUT2D eigenvalue weighted by Crippen LogP contribution is 2.34. The van der Waals surface area contributed by atoms with Crippen LogP contribution >= 0.6 is 19.6 Å². The first-order valence-corrected chi connectivity index (χ1v) is 14.9. The molecule has 0 aliphatic carbocycles. The van der Waals surface area contributed by atoms with Crippen molar-refractivity contribution in [3.05, 3.63) is 0 Å². The first-order valence-electron chi connectivity index (χ1n) is 12.2. The van der Waals surface area contributed by atoms with Crippen molar-refractivity contribution in [3.63, 3.8) is 0 Å². The van der Waals surface area contributed by atoms with Gasteiger partial charge in [-0.3, -0.25) is 4.57 Å². The van der Waals surface area contributed by atoms with Crippen LogP contribution in [0.3, 0.4) is 0 Å². The van der Waals surface area contributed by atoms with Crippen LogP contribution in [-0.2, 0) is 9.09 Å². The molecule has 0 rings (SSSR count). The van der Waals surface area contributed by atoms with Crippen molar-refractivity contribution in [2.45, 2.75) is 109 Å². The van der Waals surface area contributed by atoms with Gasteiger partial charge in [0.05, 0.1) is 21.1 Å². The summed E-state index contributed by atoms with van der Waals surface area (Å²) in [5.41, 5.74) is 0. The number of phosphoric ester groups is 1. The Bertz CT molecular complexity index is 426. The van der Waals surface area contributed by atoms with Crippen LogP contribution in [0.5, 0.6) is 0 Å². The summed E-state index contributed by atoms with van der Waals surface area (Å²) >= 11 is 1.86. The number of thioether (sulfide) groups is 1. The molecule has 0 fully saturated rings. The molecule has 2 unspecified atom stereocenters. The molecular formula is C23H50NO4PS. The summed E-state index contributed by atoms with van der Waals surface area (Å²) in [4.78, 5) is 20.0. The molecule has 2 atom stereocenters. The third-order valence-electron chi connectivity index (χ3n) is 5.26. The van der Waals surface area contributed by atoms with E-state index < -0.39 is 13.9 Å². The Hall–Kier alpha value is 0.420. The number of likely N-dealkylation sites (N-methyl/N-ethyl adjacent to an activating group) is 1. The monoisotopic (exact) mass is 467 g/mol. The molecule has 0 aliphatic rings. The number of quaternary nitrogens is 1. The minimum Gasteiger partial charge on any atom is -0.756 e. The zero-order chi connectivity index (χ0) is 22.7. The predicted molar refractivity (Wildman–Crippen MR) is 130 cm³/mol. The molecule has 5 nitrogen and oxygen atoms in total. The van der Waals surface area contributed by atoms with Crippen LogP contribution in [0.25, 0.3) is 0 Å². The number of phosphoric acid groups is 1. The zero-order valence-corrected chi connectivity index (χ0v) is 22.0. The highest BCUT2D eigenvalue weighted by molar-refractivity contribution is 7.99. The average Bonchev–Trinajstić information content (AvgIpc) is 2.61. The van der Waals surface area contributed by atoms with E-state index in [0.717, 1.165) is 11.5 Å². The maximum absolute atomic E-state index is 11.1. The second-order valence-corrected chi connectivity index (χ2v) is 12.0. The summed E-state index contributed by atoms with van der Waals surface area (Å²) in [7, 11) is 1.30. The van der Waals surface area contributed by atoms with Crippen LogP contribution in [-0.4, -0.2) is 54.7 Å². The Morgan fingerprint density at radius 3 is 1.67 bits per heavy atom. The molecule has 0 saturated heterocycles. The quantitative estimate of drug-likeness (QED) is 0.118. The molecular weight excluding hydrogens is 417 g/mol. The topological polar surface area (TPSA) is 69.6 Å². The lowest BCUT2D eigenvalue weighted by atomic mass is 10.0. The van der Waals surface area contributed by atoms with Gasteiger partial charge in [0.25, 0.3) is 7.82 Å². The van der Waals surface area contributed by atoms with Crippen molar-refractivity contribution in [2.75, 3.05) is 39.2 Å². The highest BCUT2D eigenvalue weighted by atomic mass is 32.2. The largest absolute Gasteiger partial charge is 0.756 e. The summed E-state index contributed by atoms with van der Waals surface area (Å²) in [5.74, 6) is 1.98. The van der Waals surface area contributed by atoms with Gasteiger partial charge in [0, 0.05) is 0 Å². The molecule has 0 spiro atoms. The number of rotatable bonds is 22. The fraction of sp³-hybridized carbons (Fsp3) is 1.00. The Labute approximate surface area is 191 Å². The van der Waals surface area contributed by atoms with Gasteiger partial charge in [-0.05, 0) is 24.3 Å². The van der Waals surface area contributed by atoms with E-state index in [4.69, 9.17) is 9.42 Å². The Balaban J connectivity index is 3.48. The smallest absolute Gasteiger partial charge is 0.265 e. The van der Waals surface area contributed by atoms with Gasteiger partial charge in [0.15, 0.2) is 0 Å². The molecule has 0 aliphatic heterocycles. The summed E-state index contributed by atoms with van der Waals surface area (Å²) < 4.78 is 16.5. The summed E-state index contributed by atoms with van der Waals surface area (Å²) in [6, 6.07) is 0. The second-order valence-electron chi connectivity index (χ2n) is 9.67. The standard InChI is InChI=1S/C23H50NO4PS/c1-5-6-7-8-9-10-11-12-13-14-15-16-17-18-20-30-21-19-23(22-24(2,3)4)28-29(25,26)27/h23H,5-22H2,1-4H3,(H-,25,26,27). The first-order chi connectivity index (χ1) is 14.1. The van der Waals surface area contributed by atoms with E-state index in [9.17, 15) is 9.46 Å². The molecule has 1 N–H and O–H groups in total. The van der Waals surface area contributed by atoms with Crippen LogP contribution in [0.4, 0.5) is 0 Å². The number of unbranched alkanes of at least 4 members (excludes halogenated alkanes) is 13. The van der Waals surface area contributed by atoms with E-state index in [1.165, 1.54) is 89.9 Å². The minimum absolute atomic E-state index is 0.456. The molecule has 0 amide bonds. The van der Waals surface area contributed by atoms with Gasteiger partial charge in [-0.1, -0.05) is 90.4 Å². The van der Waals surface area contributed by atoms with Crippen molar-refractivity contribution < 1.29 is 23.4 Å². The average molecular weight is 468 g/mol. The van der Waals surface area contributed by atoms with E-state index in [2.05, 4.69) is 6.92 Å². The normalized spacial score (nSPS) is 15.3. The number of nitrogens with zero attached hydrogens (tertiary/aromatic N) is 1. The third-order valence-corrected chi connectivity index (χ3v) is 6.93. The molecule has 0 bridgehead atoms. The van der Waals surface area contributed by atoms with E-state index in [-0.39, 0.29) is 0 Å². The van der Waals surface area contributed by atoms with Crippen molar-refractivity contribution >= 4 is 19.6 Å². The van der Waals surface area contributed by atoms with Crippen LogP contribution in [0.1, 0.15) is 103 Å². The summed E-state index contributed by atoms with van der Waals surface area (Å²) in [6.07, 6.45) is 19.4. The Morgan fingerprint density at radius 2 is 1.27 bits per heavy atom. The SMILES string of the molecule is CCCCCCCCCCCCCCCCSCCC(C[N+](C)(C)C)OP(=O)([O-])O. The van der Waals surface area contributed by atoms with Crippen LogP contribution in [0, 0.1) is 0 Å². The van der Waals surface area contributed by atoms with Crippen molar-refractivity contribution in [1.82, 2.24) is 0 Å². The maximum atomic E-state index is 11.1. The Kier molecular flexibility index (Phi) is 19.2. The molecule has 0 radical (unpaired) electrons. The third kappa shape index (κ3) is 24.7. The van der Waals surface area contributed by atoms with Crippen molar-refractivity contribution in [3.8, 4) is 0 Å². The van der Waals surface area contributed by atoms with Gasteiger partial charge in [0.1, 0.15) is 12.6 Å². The summed E-state index contributed by atoms with van der Waals surface area (Å²) in [5, 5.41) is 0. The molecule has 30 heavy (non-hydrogen) atoms. The lowest BCUT2D eigenvalue weighted by Gasteiger charge is -2.31. The molecule has 7 heteroatoms. The highest BCUT2D eigenvalue weighted by Gasteiger charge is 2.22. The van der Waals surface area contributed by atoms with Crippen LogP contribution in [0.15, 0.2) is 0 Å². The molecule has 0 aromatic heterocycles. The van der Waals surface area contributed by atoms with E-state index in [0.29, 0.717) is 17.4 Å². The van der Waals surface area contributed by atoms with Gasteiger partial charge >= 0.3 is 0 Å². The molecule has 0 saturated carbocycles. The lowest BCUT2D eigenvalue weighted by Crippen LogP contribution is -2.42. The van der Waals surface area contributed by atoms with Gasteiger partial charge < -0.3 is 18.8 Å². The van der Waals surface area contributed by atoms with Crippen LogP contribution in [0.2, 0.25) is 0 Å². The van der Waals surface area contributed by atoms with Crippen LogP contribution < -0.4 is 4.89 Å². The zero-order valence-electron chi connectivity index (χ0n) is 20.3. The minimum atomic E-state index is -4.67. The lowest BCUT2D eigenvalue weighted by molar-refractivity contribution is -0.873. The fourth-order valence-electron chi connectivity index (χ4n) is 3.69. The molecule has 0 aromatic rings. The van der Waals surface area contributed by atoms with E-state index in [1.54, 1.807) is 0 Å².